The first-order valence-electron chi connectivity index (χ1n) is 12.4. The number of nitrogens with one attached hydrogen (secondary N) is 1. The van der Waals surface area contributed by atoms with Gasteiger partial charge in [-0.3, -0.25) is 4.79 Å². The van der Waals surface area contributed by atoms with E-state index in [0.717, 1.165) is 39.1 Å². The number of carbonyl (C=O) groups is 1. The minimum absolute atomic E-state index is 0.383. The second-order valence-electron chi connectivity index (χ2n) is 9.44. The maximum absolute atomic E-state index is 12.0. The summed E-state index contributed by atoms with van der Waals surface area (Å²) in [6.45, 7) is 3.22. The lowest BCUT2D eigenvalue weighted by molar-refractivity contribution is -0.165. The quantitative estimate of drug-likeness (QED) is 0.433. The summed E-state index contributed by atoms with van der Waals surface area (Å²) >= 11 is 6.17. The predicted molar refractivity (Wildman–Crippen MR) is 142 cm³/mol. The van der Waals surface area contributed by atoms with E-state index in [2.05, 4.69) is 29.6 Å². The molecule has 2 aliphatic heterocycles. The highest BCUT2D eigenvalue weighted by molar-refractivity contribution is 6.30. The predicted octanol–water partition coefficient (Wildman–Crippen LogP) is 5.77. The van der Waals surface area contributed by atoms with Gasteiger partial charge in [-0.2, -0.15) is 0 Å². The Morgan fingerprint density at radius 1 is 1.08 bits per heavy atom. The first kappa shape index (κ1) is 24.6. The number of rotatable bonds is 5. The molecule has 186 valence electrons. The molecule has 1 saturated heterocycles. The van der Waals surface area contributed by atoms with Crippen LogP contribution in [0.4, 0.5) is 0 Å². The Labute approximate surface area is 216 Å². The van der Waals surface area contributed by atoms with Crippen LogP contribution < -0.4 is 10.1 Å². The minimum Gasteiger partial charge on any atom is -0.488 e. The third-order valence-corrected chi connectivity index (χ3v) is 7.31. The first-order valence-corrected chi connectivity index (χ1v) is 12.7. The lowest BCUT2D eigenvalue weighted by atomic mass is 9.83. The molecule has 0 aliphatic carbocycles. The van der Waals surface area contributed by atoms with Crippen molar-refractivity contribution in [3.63, 3.8) is 0 Å². The Bertz CT molecular complexity index is 1280. The van der Waals surface area contributed by atoms with Crippen molar-refractivity contribution in [3.05, 3.63) is 94.5 Å². The van der Waals surface area contributed by atoms with Gasteiger partial charge in [0.15, 0.2) is 0 Å². The van der Waals surface area contributed by atoms with Crippen LogP contribution in [0.1, 0.15) is 42.9 Å². The number of fused-ring (bicyclic) bond motifs is 2. The van der Waals surface area contributed by atoms with Crippen LogP contribution in [-0.4, -0.2) is 35.9 Å². The van der Waals surface area contributed by atoms with Crippen molar-refractivity contribution in [1.82, 2.24) is 5.32 Å². The maximum atomic E-state index is 12.0. The van der Waals surface area contributed by atoms with E-state index in [4.69, 9.17) is 21.1 Å². The summed E-state index contributed by atoms with van der Waals surface area (Å²) in [7, 11) is 0. The third kappa shape index (κ3) is 5.05. The molecule has 0 spiro atoms. The van der Waals surface area contributed by atoms with E-state index in [1.54, 1.807) is 0 Å². The van der Waals surface area contributed by atoms with Gasteiger partial charge >= 0.3 is 5.97 Å². The molecule has 0 amide bonds. The average molecular weight is 504 g/mol. The maximum Gasteiger partial charge on any atom is 0.303 e. The summed E-state index contributed by atoms with van der Waals surface area (Å²) < 4.78 is 12.0. The third-order valence-electron chi connectivity index (χ3n) is 7.05. The summed E-state index contributed by atoms with van der Waals surface area (Å²) in [4.78, 5) is 12.0. The van der Waals surface area contributed by atoms with Gasteiger partial charge in [0.1, 0.15) is 24.1 Å². The van der Waals surface area contributed by atoms with Gasteiger partial charge in [-0.25, -0.2) is 0 Å². The number of hydrogen-bond donors (Lipinski definition) is 2. The van der Waals surface area contributed by atoms with Gasteiger partial charge < -0.3 is 19.9 Å². The minimum atomic E-state index is -1.08. The van der Waals surface area contributed by atoms with E-state index in [1.165, 1.54) is 6.92 Å². The monoisotopic (exact) mass is 503 g/mol. The van der Waals surface area contributed by atoms with E-state index in [-0.39, 0.29) is 0 Å². The van der Waals surface area contributed by atoms with E-state index in [0.29, 0.717) is 44.0 Å². The number of benzene rings is 3. The summed E-state index contributed by atoms with van der Waals surface area (Å²) in [5.41, 5.74) is 5.09. The average Bonchev–Trinajstić information content (AvgIpc) is 3.04. The molecule has 36 heavy (non-hydrogen) atoms. The Morgan fingerprint density at radius 2 is 1.81 bits per heavy atom. The van der Waals surface area contributed by atoms with Gasteiger partial charge in [-0.15, -0.1) is 0 Å². The fourth-order valence-electron chi connectivity index (χ4n) is 5.19. The molecule has 1 fully saturated rings. The Hall–Kier alpha value is -3.12. The molecular formula is C30H30ClNO4. The highest BCUT2D eigenvalue weighted by atomic mass is 35.5. The molecule has 0 bridgehead atoms. The Balaban J connectivity index is 1.64. The second-order valence-corrected chi connectivity index (χ2v) is 9.87. The topological polar surface area (TPSA) is 67.8 Å². The van der Waals surface area contributed by atoms with Crippen LogP contribution in [0.3, 0.4) is 0 Å². The van der Waals surface area contributed by atoms with Crippen molar-refractivity contribution in [2.75, 3.05) is 13.1 Å². The number of esters is 1. The largest absolute Gasteiger partial charge is 0.488 e. The van der Waals surface area contributed by atoms with Crippen molar-refractivity contribution in [3.8, 4) is 16.9 Å². The molecule has 2 N–H and O–H groups in total. The fraction of sp³-hybridized carbons (Fsp3) is 0.300. The number of carbonyl (C=O) groups excluding carboxylic acids is 1. The molecular weight excluding hydrogens is 474 g/mol. The van der Waals surface area contributed by atoms with E-state index < -0.39 is 17.7 Å². The van der Waals surface area contributed by atoms with E-state index in [1.807, 2.05) is 48.5 Å². The molecule has 5 nitrogen and oxygen atoms in total. The lowest BCUT2D eigenvalue weighted by Gasteiger charge is -2.38. The molecule has 3 aromatic carbocycles. The van der Waals surface area contributed by atoms with Crippen molar-refractivity contribution in [1.29, 1.82) is 0 Å². The molecule has 0 aromatic heterocycles. The summed E-state index contributed by atoms with van der Waals surface area (Å²) in [5, 5.41) is 15.4. The zero-order chi connectivity index (χ0) is 25.1. The molecule has 0 radical (unpaired) electrons. The number of ether oxygens (including phenoxy) is 2. The van der Waals surface area contributed by atoms with Gasteiger partial charge in [-0.1, -0.05) is 66.2 Å². The first-order chi connectivity index (χ1) is 17.4. The number of aliphatic hydroxyl groups is 1. The van der Waals surface area contributed by atoms with Crippen LogP contribution >= 0.6 is 11.6 Å². The zero-order valence-corrected chi connectivity index (χ0v) is 21.1. The van der Waals surface area contributed by atoms with Gasteiger partial charge in [0, 0.05) is 23.9 Å². The highest BCUT2D eigenvalue weighted by Crippen LogP contribution is 2.43. The number of halogens is 1. The van der Waals surface area contributed by atoms with Gasteiger partial charge in [-0.05, 0) is 72.0 Å². The molecule has 5 rings (SSSR count). The summed E-state index contributed by atoms with van der Waals surface area (Å²) in [6, 6.07) is 22.0. The lowest BCUT2D eigenvalue weighted by Crippen LogP contribution is -2.51. The van der Waals surface area contributed by atoms with Crippen molar-refractivity contribution in [2.24, 2.45) is 0 Å². The number of hydrogen-bond acceptors (Lipinski definition) is 5. The highest BCUT2D eigenvalue weighted by Gasteiger charge is 2.39. The molecule has 1 unspecified atom stereocenters. The molecule has 2 aliphatic rings. The Kier molecular flexibility index (Phi) is 7.15. The molecule has 2 heterocycles. The van der Waals surface area contributed by atoms with Crippen LogP contribution in [0.25, 0.3) is 16.7 Å². The van der Waals surface area contributed by atoms with Crippen molar-refractivity contribution >= 4 is 23.1 Å². The molecule has 0 saturated carbocycles. The second kappa shape index (κ2) is 10.5. The van der Waals surface area contributed by atoms with E-state index in [9.17, 15) is 9.90 Å². The molecule has 6 heteroatoms. The number of piperidine rings is 1. The zero-order valence-electron chi connectivity index (χ0n) is 20.3. The molecule has 1 atom stereocenters. The fourth-order valence-corrected chi connectivity index (χ4v) is 5.32. The van der Waals surface area contributed by atoms with E-state index >= 15 is 0 Å². The van der Waals surface area contributed by atoms with Crippen LogP contribution in [0.15, 0.2) is 72.8 Å². The molecule has 3 aromatic rings. The van der Waals surface area contributed by atoms with Gasteiger partial charge in [0.05, 0.1) is 0 Å². The smallest absolute Gasteiger partial charge is 0.303 e. The standard InChI is InChI=1S/C30H30ClNO4/c1-20(33)36-28(30(34)15-17-32-18-16-30)14-13-26-24-6-3-2-5-22(24)19-35-27-8-4-7-25(29(26)27)21-9-11-23(31)12-10-21/h2-13,28,32,34H,14-19H2,1H3/b26-13+. The normalized spacial score (nSPS) is 18.4. The van der Waals surface area contributed by atoms with Crippen LogP contribution in [0.5, 0.6) is 5.75 Å². The van der Waals surface area contributed by atoms with Crippen molar-refractivity contribution in [2.45, 2.75) is 44.5 Å². The van der Waals surface area contributed by atoms with Gasteiger partial charge in [0.2, 0.25) is 0 Å². The summed E-state index contributed by atoms with van der Waals surface area (Å²) in [5.74, 6) is 0.395. The SMILES string of the molecule is CC(=O)OC(C/C=C1\c2ccccc2COc2cccc(-c3ccc(Cl)cc3)c21)C1(O)CCNCC1. The van der Waals surface area contributed by atoms with Crippen LogP contribution in [-0.2, 0) is 16.1 Å². The van der Waals surface area contributed by atoms with Crippen LogP contribution in [0.2, 0.25) is 5.02 Å². The van der Waals surface area contributed by atoms with Gasteiger partial charge in [0.25, 0.3) is 0 Å². The van der Waals surface area contributed by atoms with Crippen molar-refractivity contribution < 1.29 is 19.4 Å². The summed E-state index contributed by atoms with van der Waals surface area (Å²) in [6.07, 6.45) is 2.89. The Morgan fingerprint density at radius 3 is 2.56 bits per heavy atom. The van der Waals surface area contributed by atoms with Crippen LogP contribution in [0, 0.1) is 0 Å².